The summed E-state index contributed by atoms with van der Waals surface area (Å²) in [5, 5.41) is 7.05. The van der Waals surface area contributed by atoms with Crippen molar-refractivity contribution in [2.45, 2.75) is 27.7 Å². The number of nitrogens with one attached hydrogen (secondary N) is 2. The quantitative estimate of drug-likeness (QED) is 0.327. The lowest BCUT2D eigenvalue weighted by molar-refractivity contribution is -0.136. The second kappa shape index (κ2) is 10.2. The number of anilines is 1. The lowest BCUT2D eigenvalue weighted by Crippen LogP contribution is -2.32. The van der Waals surface area contributed by atoms with Gasteiger partial charge in [0.15, 0.2) is 0 Å². The van der Waals surface area contributed by atoms with Crippen LogP contribution in [0.1, 0.15) is 29.4 Å². The number of hydrogen-bond donors (Lipinski definition) is 2. The second-order valence-electron chi connectivity index (χ2n) is 7.20. The van der Waals surface area contributed by atoms with E-state index in [0.29, 0.717) is 17.3 Å². The Morgan fingerprint density at radius 3 is 2.44 bits per heavy atom. The Kier molecular flexibility index (Phi) is 7.33. The molecule has 0 aliphatic heterocycles. The van der Waals surface area contributed by atoms with E-state index in [1.807, 2.05) is 51.1 Å². The van der Waals surface area contributed by atoms with E-state index in [4.69, 9.17) is 16.3 Å². The molecule has 2 aromatic carbocycles. The maximum Gasteiger partial charge on any atom is 0.329 e. The molecule has 0 saturated heterocycles. The molecule has 0 saturated carbocycles. The zero-order chi connectivity index (χ0) is 23.3. The molecule has 3 aromatic rings. The summed E-state index contributed by atoms with van der Waals surface area (Å²) in [7, 11) is 0. The third-order valence-corrected chi connectivity index (χ3v) is 5.12. The molecule has 166 valence electrons. The molecular weight excluding hydrogens is 428 g/mol. The van der Waals surface area contributed by atoms with Gasteiger partial charge >= 0.3 is 11.8 Å². The third-order valence-electron chi connectivity index (χ3n) is 4.89. The topological polar surface area (TPSA) is 84.7 Å². The normalized spacial score (nSPS) is 10.9. The summed E-state index contributed by atoms with van der Waals surface area (Å²) >= 11 is 5.91. The Morgan fingerprint density at radius 2 is 1.78 bits per heavy atom. The van der Waals surface area contributed by atoms with Crippen LogP contribution in [0.15, 0.2) is 53.6 Å². The van der Waals surface area contributed by atoms with Crippen molar-refractivity contribution in [3.8, 4) is 11.4 Å². The van der Waals surface area contributed by atoms with Crippen LogP contribution < -0.4 is 15.5 Å². The van der Waals surface area contributed by atoms with Crippen LogP contribution in [0.3, 0.4) is 0 Å². The third kappa shape index (κ3) is 5.36. The monoisotopic (exact) mass is 452 g/mol. The van der Waals surface area contributed by atoms with Gasteiger partial charge in [-0.15, -0.1) is 0 Å². The maximum absolute atomic E-state index is 12.1. The van der Waals surface area contributed by atoms with Crippen LogP contribution in [-0.4, -0.2) is 29.2 Å². The Balaban J connectivity index is 1.67. The average molecular weight is 453 g/mol. The molecule has 0 unspecified atom stereocenters. The Labute approximate surface area is 192 Å². The van der Waals surface area contributed by atoms with Crippen molar-refractivity contribution in [1.82, 2.24) is 9.99 Å². The minimum atomic E-state index is -0.865. The largest absolute Gasteiger partial charge is 0.494 e. The molecule has 0 atom stereocenters. The van der Waals surface area contributed by atoms with Gasteiger partial charge in [0.1, 0.15) is 5.75 Å². The summed E-state index contributed by atoms with van der Waals surface area (Å²) in [4.78, 5) is 24.2. The number of aryl methyl sites for hydroxylation is 2. The number of ether oxygens (including phenoxy) is 1. The van der Waals surface area contributed by atoms with E-state index in [-0.39, 0.29) is 0 Å². The van der Waals surface area contributed by atoms with Crippen LogP contribution in [-0.2, 0) is 9.59 Å². The van der Waals surface area contributed by atoms with E-state index in [0.717, 1.165) is 34.0 Å². The highest BCUT2D eigenvalue weighted by molar-refractivity contribution is 6.39. The van der Waals surface area contributed by atoms with Gasteiger partial charge in [-0.05, 0) is 81.8 Å². The number of benzene rings is 2. The minimum Gasteiger partial charge on any atom is -0.494 e. The molecule has 0 aliphatic rings. The molecular formula is C24H25ClN4O3. The number of hydrazone groups is 1. The van der Waals surface area contributed by atoms with Crippen molar-refractivity contribution in [2.75, 3.05) is 11.9 Å². The van der Waals surface area contributed by atoms with Crippen molar-refractivity contribution < 1.29 is 14.3 Å². The molecule has 0 spiro atoms. The molecule has 3 rings (SSSR count). The number of amides is 2. The number of halogens is 1. The molecule has 0 aliphatic carbocycles. The fraction of sp³-hybridized carbons (Fsp3) is 0.208. The van der Waals surface area contributed by atoms with E-state index < -0.39 is 11.8 Å². The highest BCUT2D eigenvalue weighted by atomic mass is 35.5. The van der Waals surface area contributed by atoms with Crippen LogP contribution >= 0.6 is 11.6 Å². The van der Waals surface area contributed by atoms with Crippen molar-refractivity contribution >= 4 is 35.3 Å². The summed E-state index contributed by atoms with van der Waals surface area (Å²) in [5.41, 5.74) is 7.31. The highest BCUT2D eigenvalue weighted by Crippen LogP contribution is 2.22. The average Bonchev–Trinajstić information content (AvgIpc) is 3.04. The molecule has 8 heteroatoms. The first-order chi connectivity index (χ1) is 15.3. The fourth-order valence-corrected chi connectivity index (χ4v) is 3.56. The summed E-state index contributed by atoms with van der Waals surface area (Å²) in [6.07, 6.45) is 1.52. The van der Waals surface area contributed by atoms with Crippen LogP contribution in [0, 0.1) is 20.8 Å². The minimum absolute atomic E-state index is 0.512. The van der Waals surface area contributed by atoms with Crippen LogP contribution in [0.2, 0.25) is 5.02 Å². The summed E-state index contributed by atoms with van der Waals surface area (Å²) in [5.74, 6) is -0.862. The van der Waals surface area contributed by atoms with Crippen LogP contribution in [0.25, 0.3) is 5.69 Å². The number of hydrogen-bond acceptors (Lipinski definition) is 4. The predicted octanol–water partition coefficient (Wildman–Crippen LogP) is 4.54. The number of aromatic nitrogens is 1. The Bertz CT molecular complexity index is 1170. The zero-order valence-corrected chi connectivity index (χ0v) is 19.2. The SMILES string of the molecule is CCOc1ccc(-n2c(C)cc(/C=N\NC(=O)C(=O)Nc3ccc(Cl)cc3C)c2C)cc1. The Hall–Kier alpha value is -3.58. The van der Waals surface area contributed by atoms with Crippen molar-refractivity contribution in [3.05, 3.63) is 76.1 Å². The maximum atomic E-state index is 12.1. The van der Waals surface area contributed by atoms with E-state index >= 15 is 0 Å². The van der Waals surface area contributed by atoms with Gasteiger partial charge in [-0.1, -0.05) is 11.6 Å². The van der Waals surface area contributed by atoms with E-state index in [1.54, 1.807) is 25.1 Å². The molecule has 7 nitrogen and oxygen atoms in total. The molecule has 2 amide bonds. The molecule has 1 heterocycles. The van der Waals surface area contributed by atoms with Crippen molar-refractivity contribution in [2.24, 2.45) is 5.10 Å². The predicted molar refractivity (Wildman–Crippen MR) is 127 cm³/mol. The molecule has 0 radical (unpaired) electrons. The van der Waals surface area contributed by atoms with Gasteiger partial charge in [-0.25, -0.2) is 5.43 Å². The number of carbonyl (C=O) groups is 2. The molecule has 0 fully saturated rings. The second-order valence-corrected chi connectivity index (χ2v) is 7.64. The van der Waals surface area contributed by atoms with Gasteiger partial charge in [0.05, 0.1) is 12.8 Å². The van der Waals surface area contributed by atoms with Gasteiger partial charge in [0.25, 0.3) is 0 Å². The lowest BCUT2D eigenvalue weighted by atomic mass is 10.2. The lowest BCUT2D eigenvalue weighted by Gasteiger charge is -2.11. The summed E-state index contributed by atoms with van der Waals surface area (Å²) in [6, 6.07) is 14.8. The van der Waals surface area contributed by atoms with E-state index in [2.05, 4.69) is 20.4 Å². The standard InChI is InChI=1S/C24H25ClN4O3/c1-5-32-21-9-7-20(8-10-21)29-16(3)13-18(17(29)4)14-26-28-24(31)23(30)27-22-11-6-19(25)12-15(22)2/h6-14H,5H2,1-4H3,(H,27,30)(H,28,31)/b26-14-. The molecule has 32 heavy (non-hydrogen) atoms. The van der Waals surface area contributed by atoms with Crippen LogP contribution in [0.5, 0.6) is 5.75 Å². The smallest absolute Gasteiger partial charge is 0.329 e. The number of nitrogens with zero attached hydrogens (tertiary/aromatic N) is 2. The molecule has 1 aromatic heterocycles. The number of carbonyl (C=O) groups excluding carboxylic acids is 2. The first kappa shape index (κ1) is 23.1. The van der Waals surface area contributed by atoms with Crippen molar-refractivity contribution in [1.29, 1.82) is 0 Å². The van der Waals surface area contributed by atoms with Gasteiger partial charge in [-0.3, -0.25) is 9.59 Å². The van der Waals surface area contributed by atoms with E-state index in [9.17, 15) is 9.59 Å². The van der Waals surface area contributed by atoms with Gasteiger partial charge in [0.2, 0.25) is 0 Å². The van der Waals surface area contributed by atoms with E-state index in [1.165, 1.54) is 6.21 Å². The van der Waals surface area contributed by atoms with Crippen LogP contribution in [0.4, 0.5) is 5.69 Å². The van der Waals surface area contributed by atoms with Crippen molar-refractivity contribution in [3.63, 3.8) is 0 Å². The summed E-state index contributed by atoms with van der Waals surface area (Å²) < 4.78 is 7.58. The first-order valence-electron chi connectivity index (χ1n) is 10.1. The first-order valence-corrected chi connectivity index (χ1v) is 10.5. The summed E-state index contributed by atoms with van der Waals surface area (Å²) in [6.45, 7) is 8.30. The fourth-order valence-electron chi connectivity index (χ4n) is 3.33. The van der Waals surface area contributed by atoms with Gasteiger partial charge < -0.3 is 14.6 Å². The molecule has 0 bridgehead atoms. The van der Waals surface area contributed by atoms with Gasteiger partial charge in [0, 0.05) is 33.3 Å². The Morgan fingerprint density at radius 1 is 1.06 bits per heavy atom. The molecule has 2 N–H and O–H groups in total. The highest BCUT2D eigenvalue weighted by Gasteiger charge is 2.14. The van der Waals surface area contributed by atoms with Gasteiger partial charge in [-0.2, -0.15) is 5.10 Å². The number of rotatable bonds is 6. The zero-order valence-electron chi connectivity index (χ0n) is 18.4.